The molecule has 11 heteroatoms. The minimum Gasteiger partial charge on any atom is -0.379 e. The summed E-state index contributed by atoms with van der Waals surface area (Å²) in [6, 6.07) is 1.11. The Kier molecular flexibility index (Phi) is 4.89. The summed E-state index contributed by atoms with van der Waals surface area (Å²) >= 11 is 5.84. The Bertz CT molecular complexity index is 1190. The number of hydrogen-bond donors (Lipinski definition) is 1. The molecule has 1 N–H and O–H groups in total. The molecule has 0 radical (unpaired) electrons. The van der Waals surface area contributed by atoms with Gasteiger partial charge in [0.05, 0.1) is 28.3 Å². The lowest BCUT2D eigenvalue weighted by molar-refractivity contribution is -0.141. The fourth-order valence-corrected chi connectivity index (χ4v) is 3.94. The van der Waals surface area contributed by atoms with Crippen LogP contribution in [0.15, 0.2) is 23.3 Å². The lowest BCUT2D eigenvalue weighted by Gasteiger charge is -2.28. The molecule has 3 aromatic rings. The van der Waals surface area contributed by atoms with E-state index in [1.807, 2.05) is 0 Å². The molecule has 7 nitrogen and oxygen atoms in total. The second-order valence-corrected chi connectivity index (χ2v) is 7.73. The van der Waals surface area contributed by atoms with E-state index in [1.165, 1.54) is 15.6 Å². The molecule has 3 heterocycles. The van der Waals surface area contributed by atoms with Crippen LogP contribution in [0.2, 0.25) is 5.02 Å². The number of aliphatic hydroxyl groups is 1. The van der Waals surface area contributed by atoms with Crippen LogP contribution in [0.3, 0.4) is 0 Å². The van der Waals surface area contributed by atoms with E-state index in [0.29, 0.717) is 11.9 Å². The Morgan fingerprint density at radius 1 is 1.27 bits per heavy atom. The number of hydrogen-bond acceptors (Lipinski definition) is 5. The minimum absolute atomic E-state index is 0.0557. The fourth-order valence-electron chi connectivity index (χ4n) is 3.66. The molecular weight excluding hydrogens is 423 g/mol. The molecule has 1 aliphatic carbocycles. The van der Waals surface area contributed by atoms with Crippen LogP contribution in [-0.2, 0) is 18.3 Å². The first-order valence-electron chi connectivity index (χ1n) is 9.56. The van der Waals surface area contributed by atoms with E-state index < -0.39 is 22.5 Å². The summed E-state index contributed by atoms with van der Waals surface area (Å²) in [5.41, 5.74) is -2.85. The third-order valence-corrected chi connectivity index (χ3v) is 5.68. The van der Waals surface area contributed by atoms with E-state index in [-0.39, 0.29) is 34.8 Å². The Balaban J connectivity index is 1.93. The topological polar surface area (TPSA) is 85.8 Å². The molecular formula is C19H19ClF3N5O2. The lowest BCUT2D eigenvalue weighted by Crippen LogP contribution is -2.31. The van der Waals surface area contributed by atoms with Gasteiger partial charge in [-0.3, -0.25) is 9.48 Å². The molecule has 0 bridgehead atoms. The third kappa shape index (κ3) is 3.18. The summed E-state index contributed by atoms with van der Waals surface area (Å²) in [5.74, 6) is 0. The number of rotatable bonds is 5. The van der Waals surface area contributed by atoms with Crippen LogP contribution in [0.25, 0.3) is 10.9 Å². The van der Waals surface area contributed by atoms with E-state index in [0.717, 1.165) is 25.1 Å². The van der Waals surface area contributed by atoms with Crippen molar-refractivity contribution in [3.05, 3.63) is 50.8 Å². The molecule has 1 atom stereocenters. The smallest absolute Gasteiger partial charge is 0.379 e. The van der Waals surface area contributed by atoms with Crippen molar-refractivity contribution in [3.8, 4) is 0 Å². The van der Waals surface area contributed by atoms with Crippen LogP contribution >= 0.6 is 11.6 Å². The van der Waals surface area contributed by atoms with Crippen molar-refractivity contribution in [2.75, 3.05) is 0 Å². The number of halogens is 4. The van der Waals surface area contributed by atoms with Gasteiger partial charge in [-0.25, -0.2) is 9.67 Å². The number of pyridine rings is 1. The zero-order chi connectivity index (χ0) is 21.8. The second kappa shape index (κ2) is 7.05. The van der Waals surface area contributed by atoms with Crippen molar-refractivity contribution in [1.29, 1.82) is 0 Å². The highest BCUT2D eigenvalue weighted by molar-refractivity contribution is 6.31. The van der Waals surface area contributed by atoms with Crippen LogP contribution in [0.5, 0.6) is 0 Å². The van der Waals surface area contributed by atoms with Crippen LogP contribution in [-0.4, -0.2) is 29.7 Å². The summed E-state index contributed by atoms with van der Waals surface area (Å²) in [4.78, 5) is 16.3. The van der Waals surface area contributed by atoms with Gasteiger partial charge < -0.3 is 5.11 Å². The molecule has 0 amide bonds. The molecule has 3 aromatic heterocycles. The number of fused-ring (bicyclic) bond motifs is 1. The summed E-state index contributed by atoms with van der Waals surface area (Å²) in [6.45, 7) is 3.79. The van der Waals surface area contributed by atoms with Crippen molar-refractivity contribution < 1.29 is 18.3 Å². The maximum absolute atomic E-state index is 13.0. The maximum Gasteiger partial charge on any atom is 0.434 e. The average molecular weight is 442 g/mol. The predicted molar refractivity (Wildman–Crippen MR) is 103 cm³/mol. The SMILES string of the molecule is CCn1nc2c(=O)n(C3CC3)ncc2c1[C@@](O)(CC)c1cnc(C(F)(F)F)c(Cl)c1. The first kappa shape index (κ1) is 20.8. The maximum atomic E-state index is 13.0. The predicted octanol–water partition coefficient (Wildman–Crippen LogP) is 3.66. The van der Waals surface area contributed by atoms with Gasteiger partial charge in [0.15, 0.2) is 11.2 Å². The standard InChI is InChI=1S/C19H19ClF3N5O2/c1-3-18(30,10-7-13(20)15(24-8-10)19(21,22)23)16-12-9-25-28(11-5-6-11)17(29)14(12)26-27(16)4-2/h7-9,11,30H,3-6H2,1-2H3/t18-/m1/s1. The monoisotopic (exact) mass is 441 g/mol. The van der Waals surface area contributed by atoms with E-state index >= 15 is 0 Å². The molecule has 1 fully saturated rings. The molecule has 0 saturated heterocycles. The highest BCUT2D eigenvalue weighted by Crippen LogP contribution is 2.40. The highest BCUT2D eigenvalue weighted by Gasteiger charge is 2.40. The number of alkyl halides is 3. The third-order valence-electron chi connectivity index (χ3n) is 5.39. The Hall–Kier alpha value is -2.46. The van der Waals surface area contributed by atoms with Gasteiger partial charge in [-0.1, -0.05) is 18.5 Å². The lowest BCUT2D eigenvalue weighted by atomic mass is 9.87. The molecule has 0 aliphatic heterocycles. The van der Waals surface area contributed by atoms with Gasteiger partial charge in [0.25, 0.3) is 5.56 Å². The molecule has 30 heavy (non-hydrogen) atoms. The van der Waals surface area contributed by atoms with Gasteiger partial charge in [0.1, 0.15) is 5.60 Å². The minimum atomic E-state index is -4.71. The number of nitrogens with zero attached hydrogens (tertiary/aromatic N) is 5. The first-order chi connectivity index (χ1) is 14.1. The normalized spacial score (nSPS) is 16.8. The van der Waals surface area contributed by atoms with Gasteiger partial charge in [0, 0.05) is 18.3 Å². The molecule has 1 saturated carbocycles. The fraction of sp³-hybridized carbons (Fsp3) is 0.474. The van der Waals surface area contributed by atoms with Gasteiger partial charge in [-0.05, 0) is 32.3 Å². The molecule has 0 aromatic carbocycles. The van der Waals surface area contributed by atoms with Crippen molar-refractivity contribution in [1.82, 2.24) is 24.5 Å². The van der Waals surface area contributed by atoms with Gasteiger partial charge in [0.2, 0.25) is 0 Å². The van der Waals surface area contributed by atoms with Crippen LogP contribution in [0.1, 0.15) is 56.1 Å². The molecule has 4 rings (SSSR count). The Labute approximate surface area is 174 Å². The van der Waals surface area contributed by atoms with Crippen LogP contribution in [0, 0.1) is 0 Å². The summed E-state index contributed by atoms with van der Waals surface area (Å²) in [7, 11) is 0. The zero-order valence-electron chi connectivity index (χ0n) is 16.2. The number of aryl methyl sites for hydroxylation is 1. The van der Waals surface area contributed by atoms with Crippen molar-refractivity contribution >= 4 is 22.5 Å². The summed E-state index contributed by atoms with van der Waals surface area (Å²) in [6.07, 6.45) is -0.458. The summed E-state index contributed by atoms with van der Waals surface area (Å²) in [5, 5.41) is 19.9. The largest absolute Gasteiger partial charge is 0.434 e. The van der Waals surface area contributed by atoms with Crippen LogP contribution in [0.4, 0.5) is 13.2 Å². The summed E-state index contributed by atoms with van der Waals surface area (Å²) < 4.78 is 42.0. The molecule has 0 unspecified atom stereocenters. The first-order valence-corrected chi connectivity index (χ1v) is 9.94. The van der Waals surface area contributed by atoms with E-state index in [1.54, 1.807) is 13.8 Å². The average Bonchev–Trinajstić information content (AvgIpc) is 3.46. The Morgan fingerprint density at radius 2 is 1.97 bits per heavy atom. The molecule has 160 valence electrons. The van der Waals surface area contributed by atoms with Gasteiger partial charge in [-0.2, -0.15) is 23.4 Å². The van der Waals surface area contributed by atoms with Gasteiger partial charge in [-0.15, -0.1) is 0 Å². The quantitative estimate of drug-likeness (QED) is 0.653. The van der Waals surface area contributed by atoms with Gasteiger partial charge >= 0.3 is 6.18 Å². The molecule has 0 spiro atoms. The number of aromatic nitrogens is 5. The van der Waals surface area contributed by atoms with E-state index in [4.69, 9.17) is 11.6 Å². The molecule has 1 aliphatic rings. The van der Waals surface area contributed by atoms with E-state index in [2.05, 4.69) is 15.2 Å². The van der Waals surface area contributed by atoms with Crippen LogP contribution < -0.4 is 5.56 Å². The van der Waals surface area contributed by atoms with E-state index in [9.17, 15) is 23.1 Å². The van der Waals surface area contributed by atoms with Crippen molar-refractivity contribution in [2.45, 2.75) is 57.5 Å². The highest BCUT2D eigenvalue weighted by atomic mass is 35.5. The van der Waals surface area contributed by atoms with Crippen molar-refractivity contribution in [3.63, 3.8) is 0 Å². The second-order valence-electron chi connectivity index (χ2n) is 7.32. The van der Waals surface area contributed by atoms with Crippen molar-refractivity contribution in [2.24, 2.45) is 0 Å². The Morgan fingerprint density at radius 3 is 2.50 bits per heavy atom. The zero-order valence-corrected chi connectivity index (χ0v) is 17.0.